The lowest BCUT2D eigenvalue weighted by Crippen LogP contribution is -2.48. The number of benzene rings is 1. The van der Waals surface area contributed by atoms with E-state index in [-0.39, 0.29) is 17.6 Å². The van der Waals surface area contributed by atoms with Crippen molar-refractivity contribution >= 4 is 11.4 Å². The van der Waals surface area contributed by atoms with Crippen LogP contribution in [0.25, 0.3) is 11.1 Å². The third kappa shape index (κ3) is 3.07. The van der Waals surface area contributed by atoms with Crippen molar-refractivity contribution in [2.45, 2.75) is 39.0 Å². The summed E-state index contributed by atoms with van der Waals surface area (Å²) in [4.78, 5) is 4.09. The molecule has 1 aliphatic rings. The molecule has 0 saturated carbocycles. The second-order valence-corrected chi connectivity index (χ2v) is 6.99. The molecule has 1 aromatic carbocycles. The van der Waals surface area contributed by atoms with Crippen molar-refractivity contribution in [3.05, 3.63) is 30.1 Å². The Labute approximate surface area is 145 Å². The van der Waals surface area contributed by atoms with Crippen molar-refractivity contribution in [1.29, 1.82) is 0 Å². The van der Waals surface area contributed by atoms with Crippen molar-refractivity contribution in [3.63, 3.8) is 0 Å². The molecule has 0 aliphatic carbocycles. The van der Waals surface area contributed by atoms with Crippen LogP contribution in [-0.4, -0.2) is 35.5 Å². The molecule has 136 valence electrons. The van der Waals surface area contributed by atoms with Gasteiger partial charge in [0.15, 0.2) is 0 Å². The zero-order chi connectivity index (χ0) is 18.5. The number of anilines is 2. The average Bonchev–Trinajstić information content (AvgIpc) is 2.95. The van der Waals surface area contributed by atoms with E-state index in [1.54, 1.807) is 19.3 Å². The molecule has 25 heavy (non-hydrogen) atoms. The van der Waals surface area contributed by atoms with Crippen LogP contribution in [0.15, 0.2) is 24.5 Å². The number of aromatic nitrogens is 2. The monoisotopic (exact) mass is 352 g/mol. The van der Waals surface area contributed by atoms with Gasteiger partial charge in [-0.25, -0.2) is 0 Å². The molecule has 0 bridgehead atoms. The van der Waals surface area contributed by atoms with Crippen molar-refractivity contribution in [2.24, 2.45) is 7.05 Å². The smallest absolute Gasteiger partial charge is 0.368 e. The normalized spacial score (nSPS) is 18.0. The first kappa shape index (κ1) is 17.6. The topological polar surface area (TPSA) is 24.3 Å². The van der Waals surface area contributed by atoms with Crippen LogP contribution in [0.5, 0.6) is 0 Å². The molecule has 2 heterocycles. The summed E-state index contributed by atoms with van der Waals surface area (Å²) in [5.74, 6) is 0. The molecule has 0 radical (unpaired) electrons. The zero-order valence-corrected chi connectivity index (χ0v) is 15.1. The van der Waals surface area contributed by atoms with Crippen molar-refractivity contribution < 1.29 is 13.2 Å². The third-order valence-electron chi connectivity index (χ3n) is 4.87. The molecule has 4 nitrogen and oxygen atoms in total. The van der Waals surface area contributed by atoms with Crippen molar-refractivity contribution in [2.75, 3.05) is 23.4 Å². The van der Waals surface area contributed by atoms with Gasteiger partial charge in [0.1, 0.15) is 0 Å². The summed E-state index contributed by atoms with van der Waals surface area (Å²) in [6.07, 6.45) is -1.34. The first-order valence-corrected chi connectivity index (χ1v) is 8.33. The predicted molar refractivity (Wildman–Crippen MR) is 94.0 cm³/mol. The van der Waals surface area contributed by atoms with Crippen molar-refractivity contribution in [3.8, 4) is 11.1 Å². The lowest BCUT2D eigenvalue weighted by atomic mass is 9.96. The first-order valence-electron chi connectivity index (χ1n) is 8.33. The molecule has 0 saturated heterocycles. The maximum atomic E-state index is 13.8. The Balaban J connectivity index is 2.27. The minimum absolute atomic E-state index is 0.125. The summed E-state index contributed by atoms with van der Waals surface area (Å²) in [7, 11) is 3.63. The van der Waals surface area contributed by atoms with E-state index in [9.17, 15) is 13.2 Å². The number of fused-ring (bicyclic) bond motifs is 1. The van der Waals surface area contributed by atoms with E-state index in [2.05, 4.69) is 12.0 Å². The Hall–Kier alpha value is -2.18. The van der Waals surface area contributed by atoms with E-state index in [0.717, 1.165) is 5.69 Å². The Morgan fingerprint density at radius 1 is 1.16 bits per heavy atom. The molecule has 3 rings (SSSR count). The molecular weight excluding hydrogens is 329 g/mol. The number of rotatable bonds is 2. The SMILES string of the molecule is CC(C)N1C[C@@H](C)N(C)c2cc(-c3cnn(C)c3)c(C(F)(F)F)cc21. The minimum atomic E-state index is -4.43. The van der Waals surface area contributed by atoms with Gasteiger partial charge < -0.3 is 9.80 Å². The quantitative estimate of drug-likeness (QED) is 0.811. The van der Waals surface area contributed by atoms with Gasteiger partial charge >= 0.3 is 6.18 Å². The first-order chi connectivity index (χ1) is 11.6. The minimum Gasteiger partial charge on any atom is -0.368 e. The van der Waals surface area contributed by atoms with Crippen molar-refractivity contribution in [1.82, 2.24) is 9.78 Å². The van der Waals surface area contributed by atoms with Gasteiger partial charge in [-0.15, -0.1) is 0 Å². The summed E-state index contributed by atoms with van der Waals surface area (Å²) < 4.78 is 42.8. The number of hydrogen-bond acceptors (Lipinski definition) is 3. The summed E-state index contributed by atoms with van der Waals surface area (Å²) in [6, 6.07) is 3.29. The summed E-state index contributed by atoms with van der Waals surface area (Å²) in [5, 5.41) is 4.03. The van der Waals surface area contributed by atoms with E-state index in [4.69, 9.17) is 0 Å². The molecule has 7 heteroatoms. The average molecular weight is 352 g/mol. The lowest BCUT2D eigenvalue weighted by Gasteiger charge is -2.44. The summed E-state index contributed by atoms with van der Waals surface area (Å²) in [5.41, 5.74) is 1.48. The molecule has 1 atom stereocenters. The number of aryl methyl sites for hydroxylation is 1. The van der Waals surface area contributed by atoms with Crippen LogP contribution < -0.4 is 9.80 Å². The Kier molecular flexibility index (Phi) is 4.21. The molecule has 0 unspecified atom stereocenters. The number of alkyl halides is 3. The molecule has 0 amide bonds. The molecule has 1 aliphatic heterocycles. The van der Waals surface area contributed by atoms with E-state index in [1.165, 1.54) is 16.9 Å². The highest BCUT2D eigenvalue weighted by Gasteiger charge is 2.38. The Morgan fingerprint density at radius 3 is 2.36 bits per heavy atom. The van der Waals surface area contributed by atoms with Crippen LogP contribution in [-0.2, 0) is 13.2 Å². The van der Waals surface area contributed by atoms with E-state index in [0.29, 0.717) is 17.8 Å². The number of halogens is 3. The molecule has 1 aromatic heterocycles. The number of nitrogens with zero attached hydrogens (tertiary/aromatic N) is 4. The predicted octanol–water partition coefficient (Wildman–Crippen LogP) is 4.16. The van der Waals surface area contributed by atoms with Gasteiger partial charge in [0.25, 0.3) is 0 Å². The highest BCUT2D eigenvalue weighted by molar-refractivity contribution is 5.83. The molecule has 0 fully saturated rings. The van der Waals surface area contributed by atoms with Gasteiger partial charge in [0.05, 0.1) is 23.1 Å². The standard InChI is InChI=1S/C18H23F3N4/c1-11(2)25-9-12(3)24(5)16-6-14(13-8-22-23(4)10-13)15(7-17(16)25)18(19,20)21/h6-8,10-12H,9H2,1-5H3/t12-/m1/s1. The van der Waals surface area contributed by atoms with E-state index in [1.807, 2.05) is 30.7 Å². The fraction of sp³-hybridized carbons (Fsp3) is 0.500. The molecule has 2 aromatic rings. The van der Waals surface area contributed by atoms with Crippen LogP contribution >= 0.6 is 0 Å². The maximum absolute atomic E-state index is 13.8. The summed E-state index contributed by atoms with van der Waals surface area (Å²) in [6.45, 7) is 6.79. The maximum Gasteiger partial charge on any atom is 0.417 e. The van der Waals surface area contributed by atoms with Gasteiger partial charge in [-0.05, 0) is 38.5 Å². The van der Waals surface area contributed by atoms with Gasteiger partial charge in [-0.1, -0.05) is 0 Å². The molecular formula is C18H23F3N4. The van der Waals surface area contributed by atoms with Crippen LogP contribution in [0.3, 0.4) is 0 Å². The highest BCUT2D eigenvalue weighted by atomic mass is 19.4. The lowest BCUT2D eigenvalue weighted by molar-refractivity contribution is -0.137. The Morgan fingerprint density at radius 2 is 1.84 bits per heavy atom. The van der Waals surface area contributed by atoms with Crippen LogP contribution in [0.1, 0.15) is 26.3 Å². The van der Waals surface area contributed by atoms with Gasteiger partial charge in [0.2, 0.25) is 0 Å². The van der Waals surface area contributed by atoms with E-state index >= 15 is 0 Å². The number of likely N-dealkylation sites (N-methyl/N-ethyl adjacent to an activating group) is 1. The zero-order valence-electron chi connectivity index (χ0n) is 15.1. The van der Waals surface area contributed by atoms with Crippen LogP contribution in [0.2, 0.25) is 0 Å². The Bertz CT molecular complexity index is 779. The second-order valence-electron chi connectivity index (χ2n) is 6.99. The van der Waals surface area contributed by atoms with Crippen LogP contribution in [0, 0.1) is 0 Å². The number of hydrogen-bond donors (Lipinski definition) is 0. The fourth-order valence-electron chi connectivity index (χ4n) is 3.35. The van der Waals surface area contributed by atoms with Gasteiger partial charge in [-0.2, -0.15) is 18.3 Å². The second kappa shape index (κ2) is 5.97. The third-order valence-corrected chi connectivity index (χ3v) is 4.87. The van der Waals surface area contributed by atoms with Gasteiger partial charge in [0, 0.05) is 44.5 Å². The highest BCUT2D eigenvalue weighted by Crippen LogP contribution is 2.45. The van der Waals surface area contributed by atoms with Gasteiger partial charge in [-0.3, -0.25) is 4.68 Å². The fourth-order valence-corrected chi connectivity index (χ4v) is 3.35. The van der Waals surface area contributed by atoms with E-state index < -0.39 is 11.7 Å². The largest absolute Gasteiger partial charge is 0.417 e. The molecule has 0 N–H and O–H groups in total. The molecule has 0 spiro atoms. The van der Waals surface area contributed by atoms with Crippen LogP contribution in [0.4, 0.5) is 24.5 Å². The summed E-state index contributed by atoms with van der Waals surface area (Å²) >= 11 is 0.